The number of aromatic carboxylic acids is 1. The molecule has 2 N–H and O–H groups in total. The Morgan fingerprint density at radius 3 is 2.46 bits per heavy atom. The van der Waals surface area contributed by atoms with Crippen molar-refractivity contribution in [2.24, 2.45) is 5.10 Å². The van der Waals surface area contributed by atoms with Crippen LogP contribution < -0.4 is 19.6 Å². The third-order valence-corrected chi connectivity index (χ3v) is 3.49. The van der Waals surface area contributed by atoms with Gasteiger partial charge in [-0.2, -0.15) is 5.10 Å². The van der Waals surface area contributed by atoms with Crippen molar-refractivity contribution in [1.29, 1.82) is 0 Å². The van der Waals surface area contributed by atoms with Crippen molar-refractivity contribution in [3.05, 3.63) is 53.1 Å². The molecule has 8 nitrogen and oxygen atoms in total. The van der Waals surface area contributed by atoms with Gasteiger partial charge in [0.25, 0.3) is 5.91 Å². The predicted molar refractivity (Wildman–Crippen MR) is 94.6 cm³/mol. The molecule has 0 bridgehead atoms. The Bertz CT molecular complexity index is 848. The Morgan fingerprint density at radius 2 is 1.85 bits per heavy atom. The average Bonchev–Trinajstić information content (AvgIpc) is 2.66. The number of rotatable bonds is 7. The summed E-state index contributed by atoms with van der Waals surface area (Å²) in [5, 5.41) is 13.3. The second kappa shape index (κ2) is 8.52. The van der Waals surface area contributed by atoms with Gasteiger partial charge in [-0.25, -0.2) is 10.2 Å². The zero-order chi connectivity index (χ0) is 19.1. The van der Waals surface area contributed by atoms with Crippen molar-refractivity contribution in [1.82, 2.24) is 5.43 Å². The summed E-state index contributed by atoms with van der Waals surface area (Å²) in [7, 11) is 4.25. The van der Waals surface area contributed by atoms with Gasteiger partial charge in [0.2, 0.25) is 0 Å². The van der Waals surface area contributed by atoms with E-state index in [4.69, 9.17) is 14.2 Å². The number of carboxylic acid groups (broad SMARTS) is 1. The van der Waals surface area contributed by atoms with E-state index in [0.29, 0.717) is 11.3 Å². The lowest BCUT2D eigenvalue weighted by molar-refractivity contribution is 0.0692. The minimum atomic E-state index is -1.21. The number of carbonyl (C=O) groups excluding carboxylic acids is 1. The molecule has 2 aromatic rings. The second-order valence-corrected chi connectivity index (χ2v) is 5.00. The standard InChI is InChI=1S/C18H18N2O6/c1-24-13-6-4-5-11(9-13)17(21)20-19-10-12-7-8-14(25-2)16(26-3)15(12)18(22)23/h4-10H,1-3H3,(H,20,21)(H,22,23). The van der Waals surface area contributed by atoms with Crippen LogP contribution in [0.3, 0.4) is 0 Å². The minimum absolute atomic E-state index is 0.0723. The summed E-state index contributed by atoms with van der Waals surface area (Å²) in [5.41, 5.74) is 2.83. The Morgan fingerprint density at radius 1 is 1.08 bits per heavy atom. The minimum Gasteiger partial charge on any atom is -0.497 e. The number of ether oxygens (including phenoxy) is 3. The number of hydrazone groups is 1. The van der Waals surface area contributed by atoms with Crippen LogP contribution in [0.15, 0.2) is 41.5 Å². The summed E-state index contributed by atoms with van der Waals surface area (Å²) in [6.45, 7) is 0. The Kier molecular flexibility index (Phi) is 6.15. The van der Waals surface area contributed by atoms with Crippen molar-refractivity contribution in [3.8, 4) is 17.2 Å². The maximum atomic E-state index is 12.1. The van der Waals surface area contributed by atoms with Gasteiger partial charge in [0, 0.05) is 11.1 Å². The molecule has 0 atom stereocenters. The highest BCUT2D eigenvalue weighted by Gasteiger charge is 2.20. The molecule has 0 aliphatic rings. The van der Waals surface area contributed by atoms with E-state index in [2.05, 4.69) is 10.5 Å². The molecule has 26 heavy (non-hydrogen) atoms. The molecular weight excluding hydrogens is 340 g/mol. The number of benzene rings is 2. The van der Waals surface area contributed by atoms with Gasteiger partial charge >= 0.3 is 5.97 Å². The third kappa shape index (κ3) is 4.10. The lowest BCUT2D eigenvalue weighted by Gasteiger charge is -2.12. The van der Waals surface area contributed by atoms with Crippen LogP contribution in [0.4, 0.5) is 0 Å². The Labute approximate surface area is 150 Å². The van der Waals surface area contributed by atoms with E-state index in [9.17, 15) is 14.7 Å². The van der Waals surface area contributed by atoms with Gasteiger partial charge in [0.15, 0.2) is 11.5 Å². The smallest absolute Gasteiger partial charge is 0.340 e. The monoisotopic (exact) mass is 358 g/mol. The molecule has 0 aliphatic carbocycles. The summed E-state index contributed by atoms with van der Waals surface area (Å²) >= 11 is 0. The van der Waals surface area contributed by atoms with E-state index in [1.807, 2.05) is 0 Å². The largest absolute Gasteiger partial charge is 0.497 e. The van der Waals surface area contributed by atoms with Crippen LogP contribution in [0.25, 0.3) is 0 Å². The second-order valence-electron chi connectivity index (χ2n) is 5.00. The van der Waals surface area contributed by atoms with Crippen LogP contribution in [0.2, 0.25) is 0 Å². The average molecular weight is 358 g/mol. The first-order valence-corrected chi connectivity index (χ1v) is 7.47. The molecule has 0 spiro atoms. The molecule has 0 heterocycles. The number of methoxy groups -OCH3 is 3. The van der Waals surface area contributed by atoms with E-state index in [1.165, 1.54) is 33.6 Å². The van der Waals surface area contributed by atoms with Crippen molar-refractivity contribution in [3.63, 3.8) is 0 Å². The zero-order valence-corrected chi connectivity index (χ0v) is 14.5. The van der Waals surface area contributed by atoms with Gasteiger partial charge in [0.05, 0.1) is 27.5 Å². The van der Waals surface area contributed by atoms with Gasteiger partial charge in [-0.3, -0.25) is 4.79 Å². The van der Waals surface area contributed by atoms with Crippen LogP contribution in [0.5, 0.6) is 17.2 Å². The molecule has 136 valence electrons. The predicted octanol–water partition coefficient (Wildman–Crippen LogP) is 2.17. The van der Waals surface area contributed by atoms with E-state index in [-0.39, 0.29) is 22.6 Å². The molecule has 0 saturated heterocycles. The number of nitrogens with zero attached hydrogens (tertiary/aromatic N) is 1. The molecule has 8 heteroatoms. The molecule has 0 saturated carbocycles. The molecule has 0 unspecified atom stereocenters. The maximum Gasteiger partial charge on any atom is 0.340 e. The molecule has 0 fully saturated rings. The van der Waals surface area contributed by atoms with Crippen LogP contribution in [-0.4, -0.2) is 44.5 Å². The van der Waals surface area contributed by atoms with Crippen LogP contribution in [-0.2, 0) is 0 Å². The van der Waals surface area contributed by atoms with E-state index < -0.39 is 11.9 Å². The van der Waals surface area contributed by atoms with Crippen LogP contribution in [0.1, 0.15) is 26.3 Å². The van der Waals surface area contributed by atoms with Crippen LogP contribution >= 0.6 is 0 Å². The lowest BCUT2D eigenvalue weighted by atomic mass is 10.1. The zero-order valence-electron chi connectivity index (χ0n) is 14.5. The van der Waals surface area contributed by atoms with Gasteiger partial charge in [-0.05, 0) is 30.3 Å². The van der Waals surface area contributed by atoms with Gasteiger partial charge < -0.3 is 19.3 Å². The number of carboxylic acids is 1. The molecule has 0 aromatic heterocycles. The number of hydrogen-bond donors (Lipinski definition) is 2. The summed E-state index contributed by atoms with van der Waals surface area (Å²) in [5.74, 6) is -0.779. The fourth-order valence-corrected chi connectivity index (χ4v) is 2.26. The highest BCUT2D eigenvalue weighted by molar-refractivity contribution is 6.02. The fourth-order valence-electron chi connectivity index (χ4n) is 2.26. The van der Waals surface area contributed by atoms with Crippen molar-refractivity contribution in [2.75, 3.05) is 21.3 Å². The maximum absolute atomic E-state index is 12.1. The first kappa shape index (κ1) is 18.8. The molecule has 2 rings (SSSR count). The number of carbonyl (C=O) groups is 2. The lowest BCUT2D eigenvalue weighted by Crippen LogP contribution is -2.18. The van der Waals surface area contributed by atoms with E-state index >= 15 is 0 Å². The first-order valence-electron chi connectivity index (χ1n) is 7.47. The highest BCUT2D eigenvalue weighted by atomic mass is 16.5. The van der Waals surface area contributed by atoms with E-state index in [0.717, 1.165) is 0 Å². The summed E-state index contributed by atoms with van der Waals surface area (Å²) in [4.78, 5) is 23.7. The normalized spacial score (nSPS) is 10.4. The van der Waals surface area contributed by atoms with Crippen molar-refractivity contribution >= 4 is 18.1 Å². The third-order valence-electron chi connectivity index (χ3n) is 3.49. The first-order chi connectivity index (χ1) is 12.5. The Hall–Kier alpha value is -3.55. The van der Waals surface area contributed by atoms with E-state index in [1.54, 1.807) is 30.3 Å². The van der Waals surface area contributed by atoms with Gasteiger partial charge in [-0.15, -0.1) is 0 Å². The SMILES string of the molecule is COc1cccc(C(=O)NN=Cc2ccc(OC)c(OC)c2C(=O)O)c1. The fraction of sp³-hybridized carbons (Fsp3) is 0.167. The quantitative estimate of drug-likeness (QED) is 0.580. The molecule has 0 aliphatic heterocycles. The van der Waals surface area contributed by atoms with Crippen LogP contribution in [0, 0.1) is 0 Å². The van der Waals surface area contributed by atoms with Gasteiger partial charge in [-0.1, -0.05) is 6.07 Å². The summed E-state index contributed by atoms with van der Waals surface area (Å²) in [6, 6.07) is 9.61. The van der Waals surface area contributed by atoms with Gasteiger partial charge in [0.1, 0.15) is 11.3 Å². The summed E-state index contributed by atoms with van der Waals surface area (Å²) < 4.78 is 15.3. The molecule has 1 amide bonds. The molecule has 2 aromatic carbocycles. The number of hydrogen-bond acceptors (Lipinski definition) is 6. The molecule has 0 radical (unpaired) electrons. The highest BCUT2D eigenvalue weighted by Crippen LogP contribution is 2.32. The molecular formula is C18H18N2O6. The van der Waals surface area contributed by atoms with Crippen molar-refractivity contribution in [2.45, 2.75) is 0 Å². The van der Waals surface area contributed by atoms with Crippen molar-refractivity contribution < 1.29 is 28.9 Å². The number of nitrogens with one attached hydrogen (secondary N) is 1. The summed E-state index contributed by atoms with van der Waals surface area (Å²) in [6.07, 6.45) is 1.23. The number of amides is 1. The topological polar surface area (TPSA) is 106 Å². The Balaban J connectivity index is 2.24.